The van der Waals surface area contributed by atoms with E-state index in [-0.39, 0.29) is 25.9 Å². The minimum absolute atomic E-state index is 0.215. The second-order valence-corrected chi connectivity index (χ2v) is 7.62. The summed E-state index contributed by atoms with van der Waals surface area (Å²) in [6.45, 7) is 1.43. The van der Waals surface area contributed by atoms with Gasteiger partial charge in [0.2, 0.25) is 0 Å². The molecule has 1 amide bonds. The van der Waals surface area contributed by atoms with E-state index in [9.17, 15) is 9.59 Å². The standard InChI is InChI=1S/C20H19ClN2O4S/c1-13(14-5-4-6-15(21)9-14)22-18(24)10-27-20(25)12-26-11-19-23-16-7-2-3-8-17(16)28-19/h2-9,13H,10-12H2,1H3,(H,22,24)/t13-/m0/s1. The van der Waals surface area contributed by atoms with E-state index in [4.69, 9.17) is 21.1 Å². The maximum absolute atomic E-state index is 11.9. The molecule has 28 heavy (non-hydrogen) atoms. The highest BCUT2D eigenvalue weighted by molar-refractivity contribution is 7.18. The number of carbonyl (C=O) groups is 2. The summed E-state index contributed by atoms with van der Waals surface area (Å²) in [6.07, 6.45) is 0. The smallest absolute Gasteiger partial charge is 0.332 e. The van der Waals surface area contributed by atoms with Gasteiger partial charge in [-0.25, -0.2) is 9.78 Å². The number of thiazole rings is 1. The fourth-order valence-electron chi connectivity index (χ4n) is 2.53. The van der Waals surface area contributed by atoms with Gasteiger partial charge in [-0.05, 0) is 36.8 Å². The number of fused-ring (bicyclic) bond motifs is 1. The Morgan fingerprint density at radius 2 is 2.00 bits per heavy atom. The van der Waals surface area contributed by atoms with Crippen molar-refractivity contribution in [3.63, 3.8) is 0 Å². The Morgan fingerprint density at radius 3 is 2.79 bits per heavy atom. The molecule has 2 aromatic carbocycles. The van der Waals surface area contributed by atoms with Crippen molar-refractivity contribution in [1.29, 1.82) is 0 Å². The number of aromatic nitrogens is 1. The van der Waals surface area contributed by atoms with Gasteiger partial charge in [0.15, 0.2) is 6.61 Å². The number of amides is 1. The first-order chi connectivity index (χ1) is 13.5. The number of rotatable bonds is 8. The van der Waals surface area contributed by atoms with Gasteiger partial charge in [0.25, 0.3) is 5.91 Å². The summed E-state index contributed by atoms with van der Waals surface area (Å²) in [5, 5.41) is 4.12. The normalized spacial score (nSPS) is 11.9. The van der Waals surface area contributed by atoms with Crippen LogP contribution in [0.1, 0.15) is 23.5 Å². The van der Waals surface area contributed by atoms with Crippen LogP contribution in [0.15, 0.2) is 48.5 Å². The zero-order chi connectivity index (χ0) is 19.9. The van der Waals surface area contributed by atoms with Crippen LogP contribution >= 0.6 is 22.9 Å². The average molecular weight is 419 g/mol. The van der Waals surface area contributed by atoms with Crippen LogP contribution in [-0.2, 0) is 25.7 Å². The van der Waals surface area contributed by atoms with Crippen molar-refractivity contribution in [2.24, 2.45) is 0 Å². The zero-order valence-electron chi connectivity index (χ0n) is 15.2. The average Bonchev–Trinajstić information content (AvgIpc) is 3.09. The Kier molecular flexibility index (Phi) is 6.97. The molecule has 0 aliphatic carbocycles. The Morgan fingerprint density at radius 1 is 1.18 bits per heavy atom. The van der Waals surface area contributed by atoms with E-state index in [0.717, 1.165) is 20.8 Å². The number of carbonyl (C=O) groups excluding carboxylic acids is 2. The van der Waals surface area contributed by atoms with Gasteiger partial charge in [-0.3, -0.25) is 4.79 Å². The van der Waals surface area contributed by atoms with Crippen LogP contribution in [0.3, 0.4) is 0 Å². The molecule has 0 unspecified atom stereocenters. The number of nitrogens with zero attached hydrogens (tertiary/aromatic N) is 1. The molecule has 0 radical (unpaired) electrons. The third kappa shape index (κ3) is 5.76. The molecule has 6 nitrogen and oxygen atoms in total. The van der Waals surface area contributed by atoms with E-state index in [0.29, 0.717) is 5.02 Å². The predicted molar refractivity (Wildman–Crippen MR) is 108 cm³/mol. The number of benzene rings is 2. The van der Waals surface area contributed by atoms with Crippen molar-refractivity contribution in [2.75, 3.05) is 13.2 Å². The molecule has 0 saturated carbocycles. The molecule has 0 bridgehead atoms. The van der Waals surface area contributed by atoms with Gasteiger partial charge in [0.1, 0.15) is 11.6 Å². The van der Waals surface area contributed by atoms with Crippen LogP contribution in [0.25, 0.3) is 10.2 Å². The highest BCUT2D eigenvalue weighted by atomic mass is 35.5. The van der Waals surface area contributed by atoms with E-state index in [1.807, 2.05) is 43.3 Å². The Labute approximate surface area is 171 Å². The van der Waals surface area contributed by atoms with Crippen molar-refractivity contribution in [1.82, 2.24) is 10.3 Å². The monoisotopic (exact) mass is 418 g/mol. The van der Waals surface area contributed by atoms with Gasteiger partial charge in [0.05, 0.1) is 22.9 Å². The molecular weight excluding hydrogens is 400 g/mol. The first-order valence-electron chi connectivity index (χ1n) is 8.64. The molecule has 0 saturated heterocycles. The van der Waals surface area contributed by atoms with E-state index in [1.54, 1.807) is 12.1 Å². The third-order valence-corrected chi connectivity index (χ3v) is 5.12. The second kappa shape index (κ2) is 9.64. The van der Waals surface area contributed by atoms with Gasteiger partial charge in [0, 0.05) is 5.02 Å². The van der Waals surface area contributed by atoms with Crippen LogP contribution in [0.5, 0.6) is 0 Å². The molecule has 8 heteroatoms. The van der Waals surface area contributed by atoms with Crippen LogP contribution in [0, 0.1) is 0 Å². The Bertz CT molecular complexity index is 943. The summed E-state index contributed by atoms with van der Waals surface area (Å²) < 4.78 is 11.3. The van der Waals surface area contributed by atoms with Crippen molar-refractivity contribution >= 4 is 45.0 Å². The number of hydrogen-bond acceptors (Lipinski definition) is 6. The zero-order valence-corrected chi connectivity index (χ0v) is 16.8. The Balaban J connectivity index is 1.37. The molecule has 0 aliphatic rings. The fraction of sp³-hybridized carbons (Fsp3) is 0.250. The molecule has 146 valence electrons. The molecule has 1 heterocycles. The summed E-state index contributed by atoms with van der Waals surface area (Å²) in [5.74, 6) is -1.00. The van der Waals surface area contributed by atoms with Gasteiger partial charge >= 0.3 is 5.97 Å². The van der Waals surface area contributed by atoms with E-state index in [1.165, 1.54) is 11.3 Å². The summed E-state index contributed by atoms with van der Waals surface area (Å²) in [7, 11) is 0. The summed E-state index contributed by atoms with van der Waals surface area (Å²) in [6, 6.07) is 14.7. The lowest BCUT2D eigenvalue weighted by molar-refractivity contribution is -0.153. The highest BCUT2D eigenvalue weighted by Gasteiger charge is 2.13. The van der Waals surface area contributed by atoms with Crippen molar-refractivity contribution < 1.29 is 19.1 Å². The lowest BCUT2D eigenvalue weighted by Gasteiger charge is -2.14. The number of hydrogen-bond donors (Lipinski definition) is 1. The summed E-state index contributed by atoms with van der Waals surface area (Å²) in [5.41, 5.74) is 1.77. The van der Waals surface area contributed by atoms with Gasteiger partial charge < -0.3 is 14.8 Å². The molecule has 1 atom stereocenters. The van der Waals surface area contributed by atoms with Crippen LogP contribution in [0.2, 0.25) is 5.02 Å². The van der Waals surface area contributed by atoms with Gasteiger partial charge in [-0.15, -0.1) is 11.3 Å². The number of halogens is 1. The lowest BCUT2D eigenvalue weighted by atomic mass is 10.1. The van der Waals surface area contributed by atoms with Gasteiger partial charge in [-0.1, -0.05) is 35.9 Å². The van der Waals surface area contributed by atoms with E-state index in [2.05, 4.69) is 10.3 Å². The highest BCUT2D eigenvalue weighted by Crippen LogP contribution is 2.22. The van der Waals surface area contributed by atoms with Gasteiger partial charge in [-0.2, -0.15) is 0 Å². The minimum atomic E-state index is -0.605. The maximum Gasteiger partial charge on any atom is 0.332 e. The third-order valence-electron chi connectivity index (χ3n) is 3.87. The first-order valence-corrected chi connectivity index (χ1v) is 9.83. The van der Waals surface area contributed by atoms with Crippen LogP contribution in [-0.4, -0.2) is 30.1 Å². The van der Waals surface area contributed by atoms with Crippen LogP contribution < -0.4 is 5.32 Å². The van der Waals surface area contributed by atoms with E-state index >= 15 is 0 Å². The van der Waals surface area contributed by atoms with Crippen molar-refractivity contribution in [2.45, 2.75) is 19.6 Å². The van der Waals surface area contributed by atoms with E-state index < -0.39 is 11.9 Å². The largest absolute Gasteiger partial charge is 0.454 e. The maximum atomic E-state index is 11.9. The molecule has 0 fully saturated rings. The number of nitrogens with one attached hydrogen (secondary N) is 1. The molecule has 3 aromatic rings. The van der Waals surface area contributed by atoms with Crippen molar-refractivity contribution in [3.05, 3.63) is 64.1 Å². The summed E-state index contributed by atoms with van der Waals surface area (Å²) >= 11 is 7.46. The minimum Gasteiger partial charge on any atom is -0.454 e. The molecule has 0 spiro atoms. The number of esters is 1. The molecule has 1 N–H and O–H groups in total. The predicted octanol–water partition coefficient (Wildman–Crippen LogP) is 3.89. The quantitative estimate of drug-likeness (QED) is 0.561. The first kappa shape index (κ1) is 20.3. The molecular formula is C20H19ClN2O4S. The number of ether oxygens (including phenoxy) is 2. The number of para-hydroxylation sites is 1. The molecule has 1 aromatic heterocycles. The SMILES string of the molecule is C[C@H](NC(=O)COC(=O)COCc1nc2ccccc2s1)c1cccc(Cl)c1. The van der Waals surface area contributed by atoms with Crippen LogP contribution in [0.4, 0.5) is 0 Å². The van der Waals surface area contributed by atoms with Crippen molar-refractivity contribution in [3.8, 4) is 0 Å². The lowest BCUT2D eigenvalue weighted by Crippen LogP contribution is -2.31. The Hall–Kier alpha value is -2.48. The fourth-order valence-corrected chi connectivity index (χ4v) is 3.64. The summed E-state index contributed by atoms with van der Waals surface area (Å²) in [4.78, 5) is 28.1. The molecule has 0 aliphatic heterocycles. The second-order valence-electron chi connectivity index (χ2n) is 6.07. The molecule has 3 rings (SSSR count). The topological polar surface area (TPSA) is 77.5 Å².